The number of benzene rings is 3. The lowest BCUT2D eigenvalue weighted by Gasteiger charge is -2.19. The Morgan fingerprint density at radius 1 is 1.06 bits per heavy atom. The first-order valence-corrected chi connectivity index (χ1v) is 12.0. The van der Waals surface area contributed by atoms with Crippen LogP contribution in [0.3, 0.4) is 0 Å². The summed E-state index contributed by atoms with van der Waals surface area (Å²) < 4.78 is 12.3. The fourth-order valence-corrected chi connectivity index (χ4v) is 4.26. The molecular weight excluding hydrogens is 452 g/mol. The van der Waals surface area contributed by atoms with E-state index in [4.69, 9.17) is 9.15 Å². The molecule has 0 saturated carbocycles. The van der Waals surface area contributed by atoms with Gasteiger partial charge in [-0.05, 0) is 82.9 Å². The highest BCUT2D eigenvalue weighted by atomic mass is 16.5. The van der Waals surface area contributed by atoms with E-state index in [-0.39, 0.29) is 11.5 Å². The topological polar surface area (TPSA) is 71.8 Å². The van der Waals surface area contributed by atoms with Crippen molar-refractivity contribution in [2.75, 3.05) is 32.6 Å². The molecule has 1 heterocycles. The molecule has 0 amide bonds. The number of nitrogens with zero attached hydrogens (tertiary/aromatic N) is 1. The van der Waals surface area contributed by atoms with Crippen LogP contribution in [-0.2, 0) is 0 Å². The number of fused-ring (bicyclic) bond motifs is 1. The number of hydrogen-bond donors (Lipinski definition) is 1. The molecule has 0 bridgehead atoms. The third-order valence-electron chi connectivity index (χ3n) is 6.24. The van der Waals surface area contributed by atoms with Crippen molar-refractivity contribution in [1.29, 1.82) is 0 Å². The van der Waals surface area contributed by atoms with E-state index in [0.717, 1.165) is 41.0 Å². The van der Waals surface area contributed by atoms with Gasteiger partial charge in [0.05, 0.1) is 11.4 Å². The molecule has 0 aliphatic carbocycles. The van der Waals surface area contributed by atoms with Gasteiger partial charge in [-0.2, -0.15) is 0 Å². The summed E-state index contributed by atoms with van der Waals surface area (Å²) >= 11 is 0. The van der Waals surface area contributed by atoms with E-state index in [0.29, 0.717) is 34.5 Å². The summed E-state index contributed by atoms with van der Waals surface area (Å²) in [5.74, 6) is 1.31. The Morgan fingerprint density at radius 2 is 1.78 bits per heavy atom. The maximum atomic E-state index is 13.4. The minimum atomic E-state index is -0.209. The number of aryl methyl sites for hydroxylation is 1. The maximum absolute atomic E-state index is 13.4. The Balaban J connectivity index is 1.74. The van der Waals surface area contributed by atoms with Crippen molar-refractivity contribution in [3.63, 3.8) is 0 Å². The highest BCUT2D eigenvalue weighted by Crippen LogP contribution is 2.33. The molecule has 1 aromatic heterocycles. The van der Waals surface area contributed by atoms with Crippen molar-refractivity contribution < 1.29 is 13.9 Å². The molecule has 1 N–H and O–H groups in total. The molecule has 0 radical (unpaired) electrons. The zero-order valence-corrected chi connectivity index (χ0v) is 21.4. The van der Waals surface area contributed by atoms with Gasteiger partial charge in [-0.25, -0.2) is 0 Å². The number of rotatable bonds is 9. The zero-order chi connectivity index (χ0) is 25.8. The predicted molar refractivity (Wildman–Crippen MR) is 145 cm³/mol. The summed E-state index contributed by atoms with van der Waals surface area (Å²) in [6.45, 7) is 7.18. The number of aldehydes is 1. The SMILES string of the molecule is Cc1cc(C(C)Nc2ccccc2C=O)c2oc(-c3ccc(OCCN(C)C)cc3)c(C)c(=O)c2c1. The van der Waals surface area contributed by atoms with E-state index in [1.165, 1.54) is 0 Å². The minimum absolute atomic E-state index is 0.0528. The van der Waals surface area contributed by atoms with E-state index in [1.54, 1.807) is 13.0 Å². The number of likely N-dealkylation sites (N-methyl/N-ethyl adjacent to an activating group) is 1. The Hall–Kier alpha value is -3.90. The van der Waals surface area contributed by atoms with Gasteiger partial charge in [0.1, 0.15) is 23.7 Å². The average Bonchev–Trinajstić information content (AvgIpc) is 2.86. The lowest BCUT2D eigenvalue weighted by molar-refractivity contribution is 0.112. The third kappa shape index (κ3) is 5.34. The Labute approximate surface area is 211 Å². The Morgan fingerprint density at radius 3 is 2.47 bits per heavy atom. The third-order valence-corrected chi connectivity index (χ3v) is 6.24. The summed E-state index contributed by atoms with van der Waals surface area (Å²) in [5, 5.41) is 3.96. The van der Waals surface area contributed by atoms with Gasteiger partial charge in [0, 0.05) is 34.5 Å². The van der Waals surface area contributed by atoms with Crippen molar-refractivity contribution in [2.45, 2.75) is 26.8 Å². The van der Waals surface area contributed by atoms with Crippen molar-refractivity contribution in [3.05, 3.63) is 93.1 Å². The molecule has 0 fully saturated rings. The van der Waals surface area contributed by atoms with Gasteiger partial charge in [-0.1, -0.05) is 18.2 Å². The molecular formula is C30H32N2O4. The number of anilines is 1. The van der Waals surface area contributed by atoms with Gasteiger partial charge < -0.3 is 19.4 Å². The van der Waals surface area contributed by atoms with E-state index < -0.39 is 0 Å². The van der Waals surface area contributed by atoms with Crippen LogP contribution < -0.4 is 15.5 Å². The van der Waals surface area contributed by atoms with Crippen LogP contribution >= 0.6 is 0 Å². The van der Waals surface area contributed by atoms with Gasteiger partial charge in [-0.15, -0.1) is 0 Å². The van der Waals surface area contributed by atoms with Crippen LogP contribution in [0.1, 0.15) is 40.0 Å². The quantitative estimate of drug-likeness (QED) is 0.294. The van der Waals surface area contributed by atoms with Gasteiger partial charge >= 0.3 is 0 Å². The van der Waals surface area contributed by atoms with E-state index in [1.807, 2.05) is 82.5 Å². The Kier molecular flexibility index (Phi) is 7.55. The number of ether oxygens (including phenoxy) is 1. The molecule has 1 unspecified atom stereocenters. The first kappa shape index (κ1) is 25.2. The van der Waals surface area contributed by atoms with Crippen LogP contribution in [0.15, 0.2) is 69.9 Å². The molecule has 4 rings (SSSR count). The summed E-state index contributed by atoms with van der Waals surface area (Å²) in [7, 11) is 4.01. The van der Waals surface area contributed by atoms with E-state index >= 15 is 0 Å². The molecule has 1 atom stereocenters. The number of nitrogens with one attached hydrogen (secondary N) is 1. The zero-order valence-electron chi connectivity index (χ0n) is 21.4. The molecule has 186 valence electrons. The molecule has 6 nitrogen and oxygen atoms in total. The minimum Gasteiger partial charge on any atom is -0.492 e. The molecule has 0 spiro atoms. The van der Waals surface area contributed by atoms with Crippen molar-refractivity contribution in [1.82, 2.24) is 4.90 Å². The fraction of sp³-hybridized carbons (Fsp3) is 0.267. The second-order valence-electron chi connectivity index (χ2n) is 9.36. The predicted octanol–water partition coefficient (Wildman–Crippen LogP) is 6.00. The molecule has 6 heteroatoms. The highest BCUT2D eigenvalue weighted by Gasteiger charge is 2.19. The average molecular weight is 485 g/mol. The smallest absolute Gasteiger partial charge is 0.196 e. The second-order valence-corrected chi connectivity index (χ2v) is 9.36. The second kappa shape index (κ2) is 10.8. The molecule has 0 saturated heterocycles. The summed E-state index contributed by atoms with van der Waals surface area (Å²) in [6.07, 6.45) is 0.832. The summed E-state index contributed by atoms with van der Waals surface area (Å²) in [5.41, 5.74) is 4.99. The van der Waals surface area contributed by atoms with Crippen LogP contribution in [0.25, 0.3) is 22.3 Å². The largest absolute Gasteiger partial charge is 0.492 e. The fourth-order valence-electron chi connectivity index (χ4n) is 4.26. The first-order valence-electron chi connectivity index (χ1n) is 12.0. The van der Waals surface area contributed by atoms with E-state index in [9.17, 15) is 9.59 Å². The lowest BCUT2D eigenvalue weighted by atomic mass is 9.98. The van der Waals surface area contributed by atoms with Crippen LogP contribution in [0.2, 0.25) is 0 Å². The van der Waals surface area contributed by atoms with Crippen LogP contribution in [0.4, 0.5) is 5.69 Å². The number of para-hydroxylation sites is 1. The molecule has 0 aliphatic heterocycles. The van der Waals surface area contributed by atoms with Crippen LogP contribution in [0.5, 0.6) is 5.75 Å². The first-order chi connectivity index (χ1) is 17.3. The number of carbonyl (C=O) groups excluding carboxylic acids is 1. The van der Waals surface area contributed by atoms with Gasteiger partial charge in [-0.3, -0.25) is 9.59 Å². The highest BCUT2D eigenvalue weighted by molar-refractivity contribution is 5.86. The monoisotopic (exact) mass is 484 g/mol. The van der Waals surface area contributed by atoms with Crippen molar-refractivity contribution in [2.24, 2.45) is 0 Å². The van der Waals surface area contributed by atoms with Gasteiger partial charge in [0.2, 0.25) is 0 Å². The van der Waals surface area contributed by atoms with Crippen LogP contribution in [-0.4, -0.2) is 38.4 Å². The molecule has 3 aromatic carbocycles. The Bertz CT molecular complexity index is 1440. The summed E-state index contributed by atoms with van der Waals surface area (Å²) in [4.78, 5) is 27.0. The standard InChI is InChI=1S/C30H32N2O4/c1-19-16-25(21(3)31-27-9-7-6-8-23(27)18-33)30-26(17-19)28(34)20(2)29(36-30)22-10-12-24(13-11-22)35-15-14-32(4)5/h6-13,16-18,21,31H,14-15H2,1-5H3. The lowest BCUT2D eigenvalue weighted by Crippen LogP contribution is -2.19. The van der Waals surface area contributed by atoms with Crippen molar-refractivity contribution in [3.8, 4) is 17.1 Å². The normalized spacial score (nSPS) is 12.1. The number of hydrogen-bond acceptors (Lipinski definition) is 6. The summed E-state index contributed by atoms with van der Waals surface area (Å²) in [6, 6.07) is 18.6. The molecule has 4 aromatic rings. The van der Waals surface area contributed by atoms with Gasteiger partial charge in [0.15, 0.2) is 11.7 Å². The van der Waals surface area contributed by atoms with Crippen LogP contribution in [0, 0.1) is 13.8 Å². The molecule has 36 heavy (non-hydrogen) atoms. The number of carbonyl (C=O) groups is 1. The van der Waals surface area contributed by atoms with Gasteiger partial charge in [0.25, 0.3) is 0 Å². The maximum Gasteiger partial charge on any atom is 0.196 e. The molecule has 0 aliphatic rings. The van der Waals surface area contributed by atoms with E-state index in [2.05, 4.69) is 10.2 Å². The van der Waals surface area contributed by atoms with Crippen molar-refractivity contribution >= 4 is 22.9 Å².